The monoisotopic (exact) mass is 403 g/mol. The zero-order valence-corrected chi connectivity index (χ0v) is 18.5. The van der Waals surface area contributed by atoms with Crippen LogP contribution in [0.25, 0.3) is 0 Å². The molecule has 3 aromatic rings. The van der Waals surface area contributed by atoms with Gasteiger partial charge in [0.15, 0.2) is 5.78 Å². The SMILES string of the molecule is C[Si](C)(C)Oc1ccc(C(=O)CN(Cc2ccccc2)Cc2ccccc2)cc1. The molecule has 0 bridgehead atoms. The van der Waals surface area contributed by atoms with E-state index in [0.717, 1.165) is 24.4 Å². The fraction of sp³-hybridized carbons (Fsp3) is 0.240. The number of hydrogen-bond acceptors (Lipinski definition) is 3. The smallest absolute Gasteiger partial charge is 0.242 e. The van der Waals surface area contributed by atoms with Crippen molar-refractivity contribution in [1.29, 1.82) is 0 Å². The van der Waals surface area contributed by atoms with Crippen molar-refractivity contribution < 1.29 is 9.22 Å². The summed E-state index contributed by atoms with van der Waals surface area (Å²) < 4.78 is 5.99. The van der Waals surface area contributed by atoms with E-state index in [1.807, 2.05) is 60.7 Å². The summed E-state index contributed by atoms with van der Waals surface area (Å²) in [7, 11) is -1.65. The first-order valence-corrected chi connectivity index (χ1v) is 13.4. The molecule has 150 valence electrons. The minimum atomic E-state index is -1.65. The molecule has 3 rings (SSSR count). The molecule has 0 aliphatic rings. The molecular formula is C25H29NO2Si. The quantitative estimate of drug-likeness (QED) is 0.335. The van der Waals surface area contributed by atoms with Crippen LogP contribution in [-0.2, 0) is 13.1 Å². The number of carbonyl (C=O) groups excluding carboxylic acids is 1. The molecule has 0 heterocycles. The van der Waals surface area contributed by atoms with Gasteiger partial charge in [-0.3, -0.25) is 9.69 Å². The van der Waals surface area contributed by atoms with Gasteiger partial charge in [0.05, 0.1) is 6.54 Å². The Morgan fingerprint density at radius 2 is 1.24 bits per heavy atom. The second-order valence-corrected chi connectivity index (χ2v) is 12.7. The van der Waals surface area contributed by atoms with Gasteiger partial charge in [0.1, 0.15) is 5.75 Å². The van der Waals surface area contributed by atoms with Crippen LogP contribution in [0.4, 0.5) is 0 Å². The molecule has 3 aromatic carbocycles. The summed E-state index contributed by atoms with van der Waals surface area (Å²) in [5.41, 5.74) is 3.13. The largest absolute Gasteiger partial charge is 0.544 e. The summed E-state index contributed by atoms with van der Waals surface area (Å²) in [6, 6.07) is 28.2. The minimum absolute atomic E-state index is 0.122. The molecule has 0 aromatic heterocycles. The highest BCUT2D eigenvalue weighted by atomic mass is 28.4. The summed E-state index contributed by atoms with van der Waals surface area (Å²) >= 11 is 0. The average Bonchev–Trinajstić information content (AvgIpc) is 2.69. The van der Waals surface area contributed by atoms with Crippen molar-refractivity contribution in [3.05, 3.63) is 102 Å². The Kier molecular flexibility index (Phi) is 7.02. The summed E-state index contributed by atoms with van der Waals surface area (Å²) in [5.74, 6) is 0.961. The number of hydrogen-bond donors (Lipinski definition) is 0. The standard InChI is InChI=1S/C25H29NO2Si/c1-29(2,3)28-24-16-14-23(15-17-24)25(27)20-26(18-21-10-6-4-7-11-21)19-22-12-8-5-9-13-22/h4-17H,18-20H2,1-3H3. The topological polar surface area (TPSA) is 29.5 Å². The third-order valence-electron chi connectivity index (χ3n) is 4.47. The van der Waals surface area contributed by atoms with Gasteiger partial charge in [0.2, 0.25) is 8.32 Å². The van der Waals surface area contributed by atoms with Crippen LogP contribution < -0.4 is 4.43 Å². The molecular weight excluding hydrogens is 374 g/mol. The zero-order valence-electron chi connectivity index (χ0n) is 17.5. The Hall–Kier alpha value is -2.69. The van der Waals surface area contributed by atoms with Crippen LogP contribution in [0.15, 0.2) is 84.9 Å². The van der Waals surface area contributed by atoms with E-state index in [1.165, 1.54) is 11.1 Å². The van der Waals surface area contributed by atoms with Crippen molar-refractivity contribution in [1.82, 2.24) is 4.90 Å². The van der Waals surface area contributed by atoms with E-state index >= 15 is 0 Å². The van der Waals surface area contributed by atoms with E-state index in [1.54, 1.807) is 0 Å². The van der Waals surface area contributed by atoms with Gasteiger partial charge in [0, 0.05) is 18.7 Å². The van der Waals surface area contributed by atoms with Crippen molar-refractivity contribution in [2.24, 2.45) is 0 Å². The molecule has 0 aliphatic heterocycles. The molecule has 4 heteroatoms. The third-order valence-corrected chi connectivity index (χ3v) is 5.31. The highest BCUT2D eigenvalue weighted by molar-refractivity contribution is 6.70. The lowest BCUT2D eigenvalue weighted by molar-refractivity contribution is 0.0920. The van der Waals surface area contributed by atoms with Crippen LogP contribution in [0.5, 0.6) is 5.75 Å². The van der Waals surface area contributed by atoms with Gasteiger partial charge in [-0.25, -0.2) is 0 Å². The Balaban J connectivity index is 1.71. The molecule has 0 radical (unpaired) electrons. The Bertz CT molecular complexity index is 862. The van der Waals surface area contributed by atoms with Crippen molar-refractivity contribution in [2.75, 3.05) is 6.54 Å². The first kappa shape index (κ1) is 21.0. The first-order valence-electron chi connectivity index (χ1n) is 10.0. The van der Waals surface area contributed by atoms with Gasteiger partial charge in [0.25, 0.3) is 0 Å². The molecule has 0 amide bonds. The predicted octanol–water partition coefficient (Wildman–Crippen LogP) is 5.79. The maximum absolute atomic E-state index is 13.0. The molecule has 0 fully saturated rings. The number of Topliss-reactive ketones (excluding diaryl/α,β-unsaturated/α-hetero) is 1. The van der Waals surface area contributed by atoms with Crippen LogP contribution in [-0.4, -0.2) is 25.5 Å². The predicted molar refractivity (Wildman–Crippen MR) is 122 cm³/mol. The fourth-order valence-electron chi connectivity index (χ4n) is 3.21. The molecule has 29 heavy (non-hydrogen) atoms. The van der Waals surface area contributed by atoms with Gasteiger partial charge in [-0.2, -0.15) is 0 Å². The van der Waals surface area contributed by atoms with E-state index in [2.05, 4.69) is 48.8 Å². The maximum Gasteiger partial charge on any atom is 0.242 e. The van der Waals surface area contributed by atoms with Gasteiger partial charge in [-0.1, -0.05) is 60.7 Å². The third kappa shape index (κ3) is 7.00. The van der Waals surface area contributed by atoms with Gasteiger partial charge < -0.3 is 4.43 Å². The average molecular weight is 404 g/mol. The minimum Gasteiger partial charge on any atom is -0.544 e. The summed E-state index contributed by atoms with van der Waals surface area (Å²) in [6.45, 7) is 8.29. The van der Waals surface area contributed by atoms with Gasteiger partial charge >= 0.3 is 0 Å². The highest BCUT2D eigenvalue weighted by Gasteiger charge is 2.17. The lowest BCUT2D eigenvalue weighted by Gasteiger charge is -2.22. The molecule has 0 spiro atoms. The number of benzene rings is 3. The van der Waals surface area contributed by atoms with Crippen LogP contribution >= 0.6 is 0 Å². The molecule has 0 N–H and O–H groups in total. The Labute approximate surface area is 175 Å². The molecule has 0 aliphatic carbocycles. The van der Waals surface area contributed by atoms with Crippen LogP contribution in [0.1, 0.15) is 21.5 Å². The van der Waals surface area contributed by atoms with E-state index in [-0.39, 0.29) is 5.78 Å². The fourth-order valence-corrected chi connectivity index (χ4v) is 4.05. The number of nitrogens with zero attached hydrogens (tertiary/aromatic N) is 1. The van der Waals surface area contributed by atoms with Crippen molar-refractivity contribution in [3.8, 4) is 5.75 Å². The highest BCUT2D eigenvalue weighted by Crippen LogP contribution is 2.18. The summed E-state index contributed by atoms with van der Waals surface area (Å²) in [6.07, 6.45) is 0. The van der Waals surface area contributed by atoms with Gasteiger partial charge in [-0.05, 0) is 55.0 Å². The van der Waals surface area contributed by atoms with E-state index in [0.29, 0.717) is 6.54 Å². The van der Waals surface area contributed by atoms with E-state index < -0.39 is 8.32 Å². The normalized spacial score (nSPS) is 11.4. The van der Waals surface area contributed by atoms with Crippen molar-refractivity contribution >= 4 is 14.1 Å². The second-order valence-electron chi connectivity index (χ2n) is 8.28. The van der Waals surface area contributed by atoms with Gasteiger partial charge in [-0.15, -0.1) is 0 Å². The lowest BCUT2D eigenvalue weighted by atomic mass is 10.1. The first-order chi connectivity index (χ1) is 13.9. The Morgan fingerprint density at radius 3 is 1.69 bits per heavy atom. The number of carbonyl (C=O) groups is 1. The molecule has 0 saturated heterocycles. The van der Waals surface area contributed by atoms with Crippen LogP contribution in [0.3, 0.4) is 0 Å². The molecule has 0 atom stereocenters. The zero-order chi connectivity index (χ0) is 20.7. The maximum atomic E-state index is 13.0. The summed E-state index contributed by atoms with van der Waals surface area (Å²) in [5, 5.41) is 0. The van der Waals surface area contributed by atoms with Crippen LogP contribution in [0, 0.1) is 0 Å². The Morgan fingerprint density at radius 1 is 0.759 bits per heavy atom. The molecule has 3 nitrogen and oxygen atoms in total. The van der Waals surface area contributed by atoms with Crippen molar-refractivity contribution in [3.63, 3.8) is 0 Å². The summed E-state index contributed by atoms with van der Waals surface area (Å²) in [4.78, 5) is 15.2. The number of rotatable bonds is 9. The lowest BCUT2D eigenvalue weighted by Crippen LogP contribution is -2.30. The molecule has 0 saturated carbocycles. The van der Waals surface area contributed by atoms with E-state index in [9.17, 15) is 4.79 Å². The van der Waals surface area contributed by atoms with Crippen molar-refractivity contribution in [2.45, 2.75) is 32.7 Å². The molecule has 0 unspecified atom stereocenters. The number of ketones is 1. The second kappa shape index (κ2) is 9.68. The van der Waals surface area contributed by atoms with E-state index in [4.69, 9.17) is 4.43 Å². The van der Waals surface area contributed by atoms with Crippen LogP contribution in [0.2, 0.25) is 19.6 Å².